The van der Waals surface area contributed by atoms with Gasteiger partial charge in [-0.3, -0.25) is 4.79 Å². The first kappa shape index (κ1) is 12.5. The van der Waals surface area contributed by atoms with Crippen molar-refractivity contribution in [2.45, 2.75) is 52.1 Å². The van der Waals surface area contributed by atoms with Crippen molar-refractivity contribution in [3.8, 4) is 0 Å². The van der Waals surface area contributed by atoms with E-state index in [1.165, 1.54) is 12.8 Å². The number of hydrogen-bond donors (Lipinski definition) is 2. The van der Waals surface area contributed by atoms with E-state index in [9.17, 15) is 4.79 Å². The fraction of sp³-hybridized carbons (Fsp3) is 0.917. The number of likely N-dealkylation sites (N-methyl/N-ethyl adjacent to an activating group) is 1. The number of hydrogen-bond acceptors (Lipinski definition) is 2. The molecule has 1 fully saturated rings. The highest BCUT2D eigenvalue weighted by Crippen LogP contribution is 2.33. The summed E-state index contributed by atoms with van der Waals surface area (Å²) in [7, 11) is 1.82. The second-order valence-electron chi connectivity index (χ2n) is 4.73. The summed E-state index contributed by atoms with van der Waals surface area (Å²) in [5, 5.41) is 6.11. The van der Waals surface area contributed by atoms with Crippen LogP contribution in [0.3, 0.4) is 0 Å². The Morgan fingerprint density at radius 1 is 1.47 bits per heavy atom. The minimum Gasteiger partial charge on any atom is -0.352 e. The minimum atomic E-state index is -0.0853. The van der Waals surface area contributed by atoms with Gasteiger partial charge in [-0.25, -0.2) is 0 Å². The molecule has 0 radical (unpaired) electrons. The summed E-state index contributed by atoms with van der Waals surface area (Å²) in [6, 6.07) is 0.302. The van der Waals surface area contributed by atoms with Crippen LogP contribution in [0.1, 0.15) is 40.0 Å². The summed E-state index contributed by atoms with van der Waals surface area (Å²) in [5.41, 5.74) is 0. The van der Waals surface area contributed by atoms with E-state index in [-0.39, 0.29) is 11.9 Å². The molecule has 4 atom stereocenters. The van der Waals surface area contributed by atoms with Gasteiger partial charge in [-0.15, -0.1) is 0 Å². The number of carbonyl (C=O) groups excluding carboxylic acids is 1. The second kappa shape index (κ2) is 5.50. The van der Waals surface area contributed by atoms with Crippen molar-refractivity contribution in [1.82, 2.24) is 10.6 Å². The lowest BCUT2D eigenvalue weighted by atomic mass is 9.93. The van der Waals surface area contributed by atoms with E-state index in [4.69, 9.17) is 0 Å². The largest absolute Gasteiger partial charge is 0.352 e. The van der Waals surface area contributed by atoms with Crippen LogP contribution >= 0.6 is 0 Å². The van der Waals surface area contributed by atoms with Crippen LogP contribution < -0.4 is 10.6 Å². The molecule has 0 aromatic carbocycles. The van der Waals surface area contributed by atoms with Gasteiger partial charge >= 0.3 is 0 Å². The van der Waals surface area contributed by atoms with Gasteiger partial charge in [0.1, 0.15) is 0 Å². The van der Waals surface area contributed by atoms with Gasteiger partial charge in [0, 0.05) is 6.04 Å². The predicted octanol–water partition coefficient (Wildman–Crippen LogP) is 1.54. The minimum absolute atomic E-state index is 0.0853. The topological polar surface area (TPSA) is 41.1 Å². The van der Waals surface area contributed by atoms with Crippen molar-refractivity contribution >= 4 is 5.91 Å². The van der Waals surface area contributed by atoms with Crippen LogP contribution in [-0.2, 0) is 4.79 Å². The van der Waals surface area contributed by atoms with Crippen LogP contribution in [0.25, 0.3) is 0 Å². The summed E-state index contributed by atoms with van der Waals surface area (Å²) in [5.74, 6) is 1.55. The molecule has 0 heterocycles. The molecular formula is C12H24N2O. The van der Waals surface area contributed by atoms with E-state index in [1.807, 2.05) is 14.0 Å². The Bertz CT molecular complexity index is 218. The monoisotopic (exact) mass is 212 g/mol. The molecule has 0 saturated heterocycles. The number of carbonyl (C=O) groups is 1. The lowest BCUT2D eigenvalue weighted by Crippen LogP contribution is -2.46. The van der Waals surface area contributed by atoms with Crippen molar-refractivity contribution < 1.29 is 4.79 Å². The standard InChI is InChI=1S/C12H24N2O/c1-5-10-6-7-11(8(10)2)14-12(15)9(3)13-4/h8-11,13H,5-7H2,1-4H3,(H,14,15). The zero-order chi connectivity index (χ0) is 11.4. The van der Waals surface area contributed by atoms with Crippen molar-refractivity contribution in [3.05, 3.63) is 0 Å². The molecule has 1 saturated carbocycles. The molecule has 1 aliphatic rings. The lowest BCUT2D eigenvalue weighted by molar-refractivity contribution is -0.123. The third-order valence-electron chi connectivity index (χ3n) is 3.91. The average molecular weight is 212 g/mol. The molecule has 3 nitrogen and oxygen atoms in total. The van der Waals surface area contributed by atoms with Crippen LogP contribution in [0.15, 0.2) is 0 Å². The highest BCUT2D eigenvalue weighted by atomic mass is 16.2. The summed E-state index contributed by atoms with van der Waals surface area (Å²) in [6.07, 6.45) is 3.63. The van der Waals surface area contributed by atoms with Gasteiger partial charge in [0.25, 0.3) is 0 Å². The molecule has 0 aliphatic heterocycles. The van der Waals surface area contributed by atoms with Crippen molar-refractivity contribution in [1.29, 1.82) is 0 Å². The van der Waals surface area contributed by atoms with Crippen molar-refractivity contribution in [2.24, 2.45) is 11.8 Å². The lowest BCUT2D eigenvalue weighted by Gasteiger charge is -2.22. The van der Waals surface area contributed by atoms with Gasteiger partial charge in [-0.1, -0.05) is 20.3 Å². The van der Waals surface area contributed by atoms with Crippen LogP contribution in [0.5, 0.6) is 0 Å². The first-order valence-electron chi connectivity index (χ1n) is 6.07. The van der Waals surface area contributed by atoms with E-state index in [0.717, 1.165) is 12.3 Å². The molecule has 88 valence electrons. The number of amides is 1. The fourth-order valence-corrected chi connectivity index (χ4v) is 2.47. The van der Waals surface area contributed by atoms with Gasteiger partial charge in [0.2, 0.25) is 5.91 Å². The Hall–Kier alpha value is -0.570. The van der Waals surface area contributed by atoms with Crippen molar-refractivity contribution in [3.63, 3.8) is 0 Å². The third-order valence-corrected chi connectivity index (χ3v) is 3.91. The van der Waals surface area contributed by atoms with Crippen LogP contribution in [0.4, 0.5) is 0 Å². The maximum Gasteiger partial charge on any atom is 0.237 e. The van der Waals surface area contributed by atoms with Crippen molar-refractivity contribution in [2.75, 3.05) is 7.05 Å². The molecular weight excluding hydrogens is 188 g/mol. The molecule has 0 spiro atoms. The van der Waals surface area contributed by atoms with Gasteiger partial charge in [-0.05, 0) is 38.6 Å². The predicted molar refractivity (Wildman–Crippen MR) is 62.6 cm³/mol. The van der Waals surface area contributed by atoms with E-state index in [1.54, 1.807) is 0 Å². The van der Waals surface area contributed by atoms with Gasteiger partial charge in [0.05, 0.1) is 6.04 Å². The Balaban J connectivity index is 2.43. The third kappa shape index (κ3) is 2.94. The molecule has 1 amide bonds. The Morgan fingerprint density at radius 3 is 2.60 bits per heavy atom. The molecule has 1 aliphatic carbocycles. The first-order chi connectivity index (χ1) is 7.10. The summed E-state index contributed by atoms with van der Waals surface area (Å²) in [4.78, 5) is 11.7. The van der Waals surface area contributed by atoms with Crippen LogP contribution in [0.2, 0.25) is 0 Å². The highest BCUT2D eigenvalue weighted by Gasteiger charge is 2.32. The second-order valence-corrected chi connectivity index (χ2v) is 4.73. The van der Waals surface area contributed by atoms with E-state index in [2.05, 4.69) is 24.5 Å². The maximum atomic E-state index is 11.7. The summed E-state index contributed by atoms with van der Waals surface area (Å²) >= 11 is 0. The smallest absolute Gasteiger partial charge is 0.237 e. The van der Waals surface area contributed by atoms with E-state index in [0.29, 0.717) is 12.0 Å². The normalized spacial score (nSPS) is 32.7. The molecule has 0 bridgehead atoms. The zero-order valence-corrected chi connectivity index (χ0v) is 10.3. The molecule has 1 rings (SSSR count). The van der Waals surface area contributed by atoms with E-state index >= 15 is 0 Å². The molecule has 4 unspecified atom stereocenters. The fourth-order valence-electron chi connectivity index (χ4n) is 2.47. The molecule has 3 heteroatoms. The Kier molecular flexibility index (Phi) is 4.58. The van der Waals surface area contributed by atoms with Gasteiger partial charge in [-0.2, -0.15) is 0 Å². The van der Waals surface area contributed by atoms with E-state index < -0.39 is 0 Å². The van der Waals surface area contributed by atoms with Crippen LogP contribution in [0, 0.1) is 11.8 Å². The average Bonchev–Trinajstić information content (AvgIpc) is 2.58. The molecule has 0 aromatic heterocycles. The maximum absolute atomic E-state index is 11.7. The molecule has 2 N–H and O–H groups in total. The highest BCUT2D eigenvalue weighted by molar-refractivity contribution is 5.81. The molecule has 15 heavy (non-hydrogen) atoms. The van der Waals surface area contributed by atoms with Gasteiger partial charge in [0.15, 0.2) is 0 Å². The quantitative estimate of drug-likeness (QED) is 0.742. The van der Waals surface area contributed by atoms with Crippen LogP contribution in [-0.4, -0.2) is 25.0 Å². The summed E-state index contributed by atoms with van der Waals surface area (Å²) in [6.45, 7) is 6.39. The van der Waals surface area contributed by atoms with Gasteiger partial charge < -0.3 is 10.6 Å². The molecule has 0 aromatic rings. The first-order valence-corrected chi connectivity index (χ1v) is 6.07. The number of rotatable bonds is 4. The SMILES string of the molecule is CCC1CCC(NC(=O)C(C)NC)C1C. The number of nitrogens with one attached hydrogen (secondary N) is 2. The Morgan fingerprint density at radius 2 is 2.13 bits per heavy atom. The Labute approximate surface area is 93.0 Å². The summed E-state index contributed by atoms with van der Waals surface area (Å²) < 4.78 is 0. The zero-order valence-electron chi connectivity index (χ0n) is 10.3.